The molecule has 1 unspecified atom stereocenters. The molecule has 2 heterocycles. The Morgan fingerprint density at radius 1 is 1.28 bits per heavy atom. The fraction of sp³-hybridized carbons (Fsp3) is 0.222. The summed E-state index contributed by atoms with van der Waals surface area (Å²) >= 11 is 5.67. The summed E-state index contributed by atoms with van der Waals surface area (Å²) in [4.78, 5) is 28.4. The minimum absolute atomic E-state index is 0.132. The Kier molecular flexibility index (Phi) is 8.51. The zero-order valence-corrected chi connectivity index (χ0v) is 16.5. The van der Waals surface area contributed by atoms with Crippen molar-refractivity contribution in [2.75, 3.05) is 19.1 Å². The summed E-state index contributed by atoms with van der Waals surface area (Å²) in [5, 5.41) is 14.4. The highest BCUT2D eigenvalue weighted by molar-refractivity contribution is 6.29. The van der Waals surface area contributed by atoms with Crippen molar-refractivity contribution >= 4 is 41.1 Å². The second kappa shape index (κ2) is 11.3. The van der Waals surface area contributed by atoms with E-state index >= 15 is 0 Å². The molecule has 152 valence electrons. The van der Waals surface area contributed by atoms with Gasteiger partial charge < -0.3 is 14.8 Å². The number of rotatable bonds is 9. The quantitative estimate of drug-likeness (QED) is 0.270. The van der Waals surface area contributed by atoms with Crippen LogP contribution in [0.15, 0.2) is 47.8 Å². The Morgan fingerprint density at radius 2 is 2.10 bits per heavy atom. The number of halogens is 1. The van der Waals surface area contributed by atoms with Gasteiger partial charge in [0.05, 0.1) is 25.6 Å². The number of aromatic nitrogens is 3. The van der Waals surface area contributed by atoms with E-state index in [9.17, 15) is 9.59 Å². The van der Waals surface area contributed by atoms with Crippen LogP contribution in [-0.4, -0.2) is 53.1 Å². The van der Waals surface area contributed by atoms with Crippen LogP contribution in [0, 0.1) is 0 Å². The van der Waals surface area contributed by atoms with E-state index in [4.69, 9.17) is 21.1 Å². The third-order valence-electron chi connectivity index (χ3n) is 3.33. The first kappa shape index (κ1) is 21.8. The number of carbonyl (C=O) groups is 2. The lowest BCUT2D eigenvalue weighted by Gasteiger charge is -2.13. The normalized spacial score (nSPS) is 12.3. The zero-order chi connectivity index (χ0) is 21.1. The zero-order valence-electron chi connectivity index (χ0n) is 15.7. The van der Waals surface area contributed by atoms with E-state index < -0.39 is 18.0 Å². The number of ether oxygens (including phenoxy) is 2. The molecule has 0 saturated carbocycles. The Morgan fingerprint density at radius 3 is 2.72 bits per heavy atom. The van der Waals surface area contributed by atoms with Gasteiger partial charge >= 0.3 is 11.9 Å². The van der Waals surface area contributed by atoms with Gasteiger partial charge in [-0.2, -0.15) is 5.10 Å². The molecular weight excluding hydrogens is 400 g/mol. The van der Waals surface area contributed by atoms with Gasteiger partial charge in [0, 0.05) is 12.4 Å². The molecule has 0 amide bonds. The lowest BCUT2D eigenvalue weighted by molar-refractivity contribution is -0.143. The number of nitrogens with one attached hydrogen (secondary N) is 2. The summed E-state index contributed by atoms with van der Waals surface area (Å²) in [5.41, 5.74) is 3.13. The van der Waals surface area contributed by atoms with Crippen molar-refractivity contribution < 1.29 is 19.1 Å². The Balaban J connectivity index is 2.18. The maximum absolute atomic E-state index is 12.2. The predicted octanol–water partition coefficient (Wildman–Crippen LogP) is 1.66. The largest absolute Gasteiger partial charge is 0.465 e. The molecule has 2 aromatic heterocycles. The fourth-order valence-corrected chi connectivity index (χ4v) is 2.10. The first-order chi connectivity index (χ1) is 14.0. The summed E-state index contributed by atoms with van der Waals surface area (Å²) in [6.45, 7) is 1.85. The summed E-state index contributed by atoms with van der Waals surface area (Å²) in [6.07, 6.45) is 4.12. The van der Waals surface area contributed by atoms with E-state index in [1.165, 1.54) is 31.8 Å². The third-order valence-corrected chi connectivity index (χ3v) is 3.53. The van der Waals surface area contributed by atoms with Crippen molar-refractivity contribution in [3.8, 4) is 0 Å². The van der Waals surface area contributed by atoms with Crippen molar-refractivity contribution in [2.24, 2.45) is 5.10 Å². The lowest BCUT2D eigenvalue weighted by atomic mass is 10.2. The topological polar surface area (TPSA) is 128 Å². The van der Waals surface area contributed by atoms with Crippen LogP contribution < -0.4 is 10.7 Å². The smallest absolute Gasteiger partial charge is 0.341 e. The van der Waals surface area contributed by atoms with Gasteiger partial charge in [0.2, 0.25) is 0 Å². The van der Waals surface area contributed by atoms with Crippen LogP contribution in [0.1, 0.15) is 12.6 Å². The molecule has 0 bridgehead atoms. The highest BCUT2D eigenvalue weighted by Crippen LogP contribution is 2.12. The molecule has 29 heavy (non-hydrogen) atoms. The highest BCUT2D eigenvalue weighted by Gasteiger charge is 2.19. The average Bonchev–Trinajstić information content (AvgIpc) is 2.74. The van der Waals surface area contributed by atoms with E-state index in [0.717, 1.165) is 0 Å². The van der Waals surface area contributed by atoms with Crippen LogP contribution in [0.3, 0.4) is 0 Å². The van der Waals surface area contributed by atoms with Crippen LogP contribution >= 0.6 is 11.6 Å². The molecule has 0 aromatic carbocycles. The number of anilines is 1. The van der Waals surface area contributed by atoms with E-state index in [2.05, 4.69) is 31.0 Å². The number of carbonyl (C=O) groups excluding carboxylic acids is 2. The number of methoxy groups -OCH3 is 1. The van der Waals surface area contributed by atoms with E-state index in [0.29, 0.717) is 11.5 Å². The van der Waals surface area contributed by atoms with Crippen LogP contribution in [0.4, 0.5) is 5.82 Å². The molecule has 1 atom stereocenters. The molecule has 0 aliphatic carbocycles. The first-order valence-corrected chi connectivity index (χ1v) is 8.84. The molecule has 0 fully saturated rings. The van der Waals surface area contributed by atoms with E-state index in [-0.39, 0.29) is 17.3 Å². The molecule has 0 radical (unpaired) electrons. The highest BCUT2D eigenvalue weighted by atomic mass is 35.5. The molecule has 0 aliphatic rings. The molecule has 2 rings (SSSR count). The third kappa shape index (κ3) is 6.85. The Labute approximate surface area is 172 Å². The summed E-state index contributed by atoms with van der Waals surface area (Å²) in [6, 6.07) is 7.18. The SMILES string of the molecule is CCOC(=O)C(/C=N/Nc1ccc(Cl)nn1)N/C=C(/C(=O)OC)c1ccccn1. The number of hydrogen-bond acceptors (Lipinski definition) is 10. The van der Waals surface area contributed by atoms with Crippen LogP contribution in [0.5, 0.6) is 0 Å². The van der Waals surface area contributed by atoms with Crippen molar-refractivity contribution in [1.29, 1.82) is 0 Å². The van der Waals surface area contributed by atoms with E-state index in [1.54, 1.807) is 31.2 Å². The van der Waals surface area contributed by atoms with E-state index in [1.807, 2.05) is 0 Å². The van der Waals surface area contributed by atoms with Crippen LogP contribution in [0.2, 0.25) is 5.15 Å². The van der Waals surface area contributed by atoms with Gasteiger partial charge in [0.15, 0.2) is 17.0 Å². The lowest BCUT2D eigenvalue weighted by Crippen LogP contribution is -2.37. The Hall–Kier alpha value is -3.53. The maximum atomic E-state index is 12.2. The summed E-state index contributed by atoms with van der Waals surface area (Å²) in [7, 11) is 1.25. The number of hydrogen-bond donors (Lipinski definition) is 2. The van der Waals surface area contributed by atoms with Gasteiger partial charge in [-0.05, 0) is 31.2 Å². The summed E-state index contributed by atoms with van der Waals surface area (Å²) in [5.74, 6) is -0.889. The first-order valence-electron chi connectivity index (χ1n) is 8.46. The number of nitrogens with zero attached hydrogens (tertiary/aromatic N) is 4. The molecule has 0 aliphatic heterocycles. The van der Waals surface area contributed by atoms with Gasteiger partial charge in [-0.1, -0.05) is 17.7 Å². The van der Waals surface area contributed by atoms with Gasteiger partial charge in [0.25, 0.3) is 0 Å². The average molecular weight is 419 g/mol. The minimum atomic E-state index is -0.994. The number of pyridine rings is 1. The number of esters is 2. The second-order valence-electron chi connectivity index (χ2n) is 5.29. The van der Waals surface area contributed by atoms with Gasteiger partial charge in [-0.15, -0.1) is 10.2 Å². The maximum Gasteiger partial charge on any atom is 0.341 e. The fourth-order valence-electron chi connectivity index (χ4n) is 2.00. The molecule has 0 spiro atoms. The standard InChI is InChI=1S/C18H19ClN6O4/c1-3-29-18(27)14(11-22-24-16-8-7-15(19)23-25-16)21-10-12(17(26)28-2)13-6-4-5-9-20-13/h4-11,14,21H,3H2,1-2H3,(H,24,25)/b12-10+,22-11+. The molecule has 0 saturated heterocycles. The molecule has 2 N–H and O–H groups in total. The monoisotopic (exact) mass is 418 g/mol. The van der Waals surface area contributed by atoms with Crippen LogP contribution in [-0.2, 0) is 19.1 Å². The van der Waals surface area contributed by atoms with Crippen molar-refractivity contribution in [3.63, 3.8) is 0 Å². The van der Waals surface area contributed by atoms with Crippen molar-refractivity contribution in [3.05, 3.63) is 53.6 Å². The predicted molar refractivity (Wildman–Crippen MR) is 107 cm³/mol. The second-order valence-corrected chi connectivity index (χ2v) is 5.68. The molecule has 2 aromatic rings. The van der Waals surface area contributed by atoms with Gasteiger partial charge in [-0.3, -0.25) is 10.4 Å². The molecule has 11 heteroatoms. The van der Waals surface area contributed by atoms with Crippen LogP contribution in [0.25, 0.3) is 5.57 Å². The van der Waals surface area contributed by atoms with Gasteiger partial charge in [0.1, 0.15) is 5.57 Å². The molecule has 10 nitrogen and oxygen atoms in total. The number of hydrazone groups is 1. The van der Waals surface area contributed by atoms with Crippen molar-refractivity contribution in [1.82, 2.24) is 20.5 Å². The summed E-state index contributed by atoms with van der Waals surface area (Å²) < 4.78 is 9.80. The van der Waals surface area contributed by atoms with Gasteiger partial charge in [-0.25, -0.2) is 9.59 Å². The Bertz CT molecular complexity index is 874. The minimum Gasteiger partial charge on any atom is -0.465 e. The van der Waals surface area contributed by atoms with Crippen molar-refractivity contribution in [2.45, 2.75) is 13.0 Å². The molecular formula is C18H19ClN6O4.